The van der Waals surface area contributed by atoms with E-state index in [4.69, 9.17) is 9.47 Å². The van der Waals surface area contributed by atoms with Gasteiger partial charge >= 0.3 is 0 Å². The zero-order valence-electron chi connectivity index (χ0n) is 14.8. The zero-order chi connectivity index (χ0) is 18.6. The van der Waals surface area contributed by atoms with Gasteiger partial charge in [0.05, 0.1) is 11.9 Å². The number of nitrogens with zero attached hydrogens (tertiary/aromatic N) is 3. The highest BCUT2D eigenvalue weighted by Crippen LogP contribution is 2.32. The highest BCUT2D eigenvalue weighted by Gasteiger charge is 2.17. The summed E-state index contributed by atoms with van der Waals surface area (Å²) in [7, 11) is 0. The van der Waals surface area contributed by atoms with Crippen LogP contribution in [-0.4, -0.2) is 61.6 Å². The summed E-state index contributed by atoms with van der Waals surface area (Å²) in [6, 6.07) is 8.87. The third kappa shape index (κ3) is 3.79. The van der Waals surface area contributed by atoms with E-state index in [0.29, 0.717) is 49.2 Å². The number of aromatic nitrogens is 1. The van der Waals surface area contributed by atoms with Gasteiger partial charge in [0.1, 0.15) is 18.9 Å². The van der Waals surface area contributed by atoms with Gasteiger partial charge in [-0.15, -0.1) is 0 Å². The number of amides is 2. The highest BCUT2D eigenvalue weighted by atomic mass is 16.6. The predicted octanol–water partition coefficient (Wildman–Crippen LogP) is 1.38. The van der Waals surface area contributed by atoms with E-state index in [2.05, 4.69) is 15.2 Å². The molecule has 0 aliphatic carbocycles. The van der Waals surface area contributed by atoms with E-state index >= 15 is 0 Å². The van der Waals surface area contributed by atoms with E-state index in [-0.39, 0.29) is 5.91 Å². The van der Waals surface area contributed by atoms with Crippen molar-refractivity contribution >= 4 is 23.7 Å². The summed E-state index contributed by atoms with van der Waals surface area (Å²) in [5, 5.41) is 2.82. The van der Waals surface area contributed by atoms with Crippen LogP contribution < -0.4 is 19.7 Å². The third-order valence-electron chi connectivity index (χ3n) is 4.61. The van der Waals surface area contributed by atoms with Crippen LogP contribution in [0.15, 0.2) is 36.5 Å². The van der Waals surface area contributed by atoms with Crippen LogP contribution in [-0.2, 0) is 4.79 Å². The molecule has 27 heavy (non-hydrogen) atoms. The molecule has 140 valence electrons. The molecule has 1 fully saturated rings. The molecular weight excluding hydrogens is 348 g/mol. The van der Waals surface area contributed by atoms with E-state index in [9.17, 15) is 9.59 Å². The average molecular weight is 368 g/mol. The molecule has 1 N–H and O–H groups in total. The lowest BCUT2D eigenvalue weighted by Crippen LogP contribution is -2.45. The maximum atomic E-state index is 12.4. The van der Waals surface area contributed by atoms with Gasteiger partial charge in [0.25, 0.3) is 5.91 Å². The number of hydrogen-bond acceptors (Lipinski definition) is 6. The first kappa shape index (κ1) is 17.1. The lowest BCUT2D eigenvalue weighted by Gasteiger charge is -2.33. The Kier molecular flexibility index (Phi) is 4.78. The molecule has 2 aliphatic heterocycles. The van der Waals surface area contributed by atoms with Crippen molar-refractivity contribution in [2.24, 2.45) is 0 Å². The Morgan fingerprint density at radius 3 is 2.52 bits per heavy atom. The fraction of sp³-hybridized carbons (Fsp3) is 0.316. The highest BCUT2D eigenvalue weighted by molar-refractivity contribution is 6.03. The van der Waals surface area contributed by atoms with Gasteiger partial charge < -0.3 is 24.6 Å². The smallest absolute Gasteiger partial charge is 0.274 e. The van der Waals surface area contributed by atoms with Gasteiger partial charge in [-0.1, -0.05) is 0 Å². The first-order chi connectivity index (χ1) is 13.2. The Bertz CT molecular complexity index is 832. The fourth-order valence-electron chi connectivity index (χ4n) is 3.11. The average Bonchev–Trinajstić information content (AvgIpc) is 2.74. The number of benzene rings is 1. The van der Waals surface area contributed by atoms with Gasteiger partial charge in [-0.05, 0) is 24.3 Å². The molecule has 2 aromatic rings. The first-order valence-corrected chi connectivity index (χ1v) is 8.84. The van der Waals surface area contributed by atoms with E-state index < -0.39 is 0 Å². The van der Waals surface area contributed by atoms with Crippen molar-refractivity contribution in [3.8, 4) is 11.5 Å². The van der Waals surface area contributed by atoms with Crippen LogP contribution in [0, 0.1) is 0 Å². The van der Waals surface area contributed by atoms with Crippen LogP contribution >= 0.6 is 0 Å². The first-order valence-electron chi connectivity index (χ1n) is 8.84. The number of hydrogen-bond donors (Lipinski definition) is 1. The molecule has 1 aromatic heterocycles. The van der Waals surface area contributed by atoms with E-state index in [1.165, 1.54) is 0 Å². The Morgan fingerprint density at radius 1 is 1.04 bits per heavy atom. The minimum absolute atomic E-state index is 0.288. The quantitative estimate of drug-likeness (QED) is 0.821. The van der Waals surface area contributed by atoms with Crippen molar-refractivity contribution in [2.75, 3.05) is 49.6 Å². The van der Waals surface area contributed by atoms with Gasteiger partial charge in [0.2, 0.25) is 6.41 Å². The van der Waals surface area contributed by atoms with Crippen LogP contribution in [0.2, 0.25) is 0 Å². The second-order valence-corrected chi connectivity index (χ2v) is 6.34. The molecular formula is C19H20N4O4. The topological polar surface area (TPSA) is 84.0 Å². The summed E-state index contributed by atoms with van der Waals surface area (Å²) in [6.07, 6.45) is 2.57. The lowest BCUT2D eigenvalue weighted by atomic mass is 10.2. The van der Waals surface area contributed by atoms with E-state index in [1.54, 1.807) is 35.4 Å². The van der Waals surface area contributed by atoms with Crippen molar-refractivity contribution in [3.63, 3.8) is 0 Å². The van der Waals surface area contributed by atoms with Gasteiger partial charge in [0.15, 0.2) is 11.5 Å². The summed E-state index contributed by atoms with van der Waals surface area (Å²) >= 11 is 0. The standard InChI is InChI=1S/C19H20N4O4/c24-13-22-5-7-23(8-6-22)15-2-3-16(20-12-15)19(25)21-14-1-4-17-18(11-14)27-10-9-26-17/h1-4,11-13H,5-10H2,(H,21,25). The minimum atomic E-state index is -0.288. The second kappa shape index (κ2) is 7.53. The van der Waals surface area contributed by atoms with Crippen LogP contribution in [0.25, 0.3) is 0 Å². The molecule has 0 radical (unpaired) electrons. The van der Waals surface area contributed by atoms with Crippen molar-refractivity contribution in [1.82, 2.24) is 9.88 Å². The van der Waals surface area contributed by atoms with Crippen molar-refractivity contribution in [1.29, 1.82) is 0 Å². The monoisotopic (exact) mass is 368 g/mol. The molecule has 3 heterocycles. The number of carbonyl (C=O) groups excluding carboxylic acids is 2. The molecule has 2 aliphatic rings. The molecule has 0 unspecified atom stereocenters. The number of pyridine rings is 1. The largest absolute Gasteiger partial charge is 0.486 e. The fourth-order valence-corrected chi connectivity index (χ4v) is 3.11. The van der Waals surface area contributed by atoms with Crippen LogP contribution in [0.1, 0.15) is 10.5 Å². The maximum Gasteiger partial charge on any atom is 0.274 e. The van der Waals surface area contributed by atoms with Gasteiger partial charge in [-0.25, -0.2) is 4.98 Å². The number of carbonyl (C=O) groups is 2. The molecule has 0 bridgehead atoms. The Balaban J connectivity index is 1.40. The third-order valence-corrected chi connectivity index (χ3v) is 4.61. The summed E-state index contributed by atoms with van der Waals surface area (Å²) in [4.78, 5) is 31.4. The number of rotatable bonds is 4. The van der Waals surface area contributed by atoms with Gasteiger partial charge in [-0.2, -0.15) is 0 Å². The van der Waals surface area contributed by atoms with Crippen LogP contribution in [0.5, 0.6) is 11.5 Å². The SMILES string of the molecule is O=CN1CCN(c2ccc(C(=O)Nc3ccc4c(c3)OCCO4)nc2)CC1. The zero-order valence-corrected chi connectivity index (χ0v) is 14.8. The summed E-state index contributed by atoms with van der Waals surface area (Å²) in [6.45, 7) is 3.91. The molecule has 0 atom stereocenters. The molecule has 1 saturated heterocycles. The summed E-state index contributed by atoms with van der Waals surface area (Å²) < 4.78 is 11.0. The molecule has 2 amide bonds. The Labute approximate surface area is 156 Å². The molecule has 0 saturated carbocycles. The molecule has 4 rings (SSSR count). The number of anilines is 2. The minimum Gasteiger partial charge on any atom is -0.486 e. The molecule has 0 spiro atoms. The number of piperazine rings is 1. The van der Waals surface area contributed by atoms with Crippen molar-refractivity contribution in [3.05, 3.63) is 42.2 Å². The normalized spacial score (nSPS) is 16.0. The second-order valence-electron chi connectivity index (χ2n) is 6.34. The van der Waals surface area contributed by atoms with Crippen LogP contribution in [0.3, 0.4) is 0 Å². The Hall–Kier alpha value is -3.29. The molecule has 8 nitrogen and oxygen atoms in total. The predicted molar refractivity (Wildman–Crippen MR) is 99.5 cm³/mol. The van der Waals surface area contributed by atoms with E-state index in [0.717, 1.165) is 25.2 Å². The van der Waals surface area contributed by atoms with Crippen molar-refractivity contribution in [2.45, 2.75) is 0 Å². The van der Waals surface area contributed by atoms with Crippen molar-refractivity contribution < 1.29 is 19.1 Å². The lowest BCUT2D eigenvalue weighted by molar-refractivity contribution is -0.118. The summed E-state index contributed by atoms with van der Waals surface area (Å²) in [5.74, 6) is 1.01. The van der Waals surface area contributed by atoms with Gasteiger partial charge in [-0.3, -0.25) is 9.59 Å². The van der Waals surface area contributed by atoms with Gasteiger partial charge in [0, 0.05) is 37.9 Å². The number of fused-ring (bicyclic) bond motifs is 1. The molecule has 1 aromatic carbocycles. The molecule has 8 heteroatoms. The van der Waals surface area contributed by atoms with E-state index in [1.807, 2.05) is 6.07 Å². The number of nitrogens with one attached hydrogen (secondary N) is 1. The summed E-state index contributed by atoms with van der Waals surface area (Å²) in [5.41, 5.74) is 1.90. The maximum absolute atomic E-state index is 12.4. The van der Waals surface area contributed by atoms with Crippen LogP contribution in [0.4, 0.5) is 11.4 Å². The number of ether oxygens (including phenoxy) is 2. The Morgan fingerprint density at radius 2 is 1.81 bits per heavy atom.